The van der Waals surface area contributed by atoms with Crippen molar-refractivity contribution in [2.75, 3.05) is 10.0 Å². The molecule has 2 heterocycles. The molecule has 1 atom stereocenters. The summed E-state index contributed by atoms with van der Waals surface area (Å²) < 4.78 is 27.5. The number of hydrogen-bond donors (Lipinski definition) is 2. The predicted molar refractivity (Wildman–Crippen MR) is 136 cm³/mol. The lowest BCUT2D eigenvalue weighted by molar-refractivity contribution is -0.115. The Kier molecular flexibility index (Phi) is 7.69. The van der Waals surface area contributed by atoms with E-state index in [0.29, 0.717) is 27.7 Å². The van der Waals surface area contributed by atoms with Crippen LogP contribution in [0.5, 0.6) is 0 Å². The summed E-state index contributed by atoms with van der Waals surface area (Å²) in [5, 5.41) is 21.0. The van der Waals surface area contributed by atoms with Crippen LogP contribution >= 0.6 is 23.1 Å². The molecule has 0 bridgehead atoms. The number of carbonyl (C=O) groups excluding carboxylic acids is 1. The number of sulfonamides is 1. The predicted octanol–water partition coefficient (Wildman–Crippen LogP) is 4.30. The SMILES string of the molecule is CCC(Sc1nc2c(cc1C#N)CCCC2)C(=O)Nc1ccc(S(=O)(=O)Nc2nnc(C)s2)cc1. The van der Waals surface area contributed by atoms with Crippen molar-refractivity contribution in [3.8, 4) is 6.07 Å². The van der Waals surface area contributed by atoms with Crippen LogP contribution < -0.4 is 10.0 Å². The Balaban J connectivity index is 1.44. The van der Waals surface area contributed by atoms with Crippen molar-refractivity contribution in [2.45, 2.75) is 61.1 Å². The van der Waals surface area contributed by atoms with Gasteiger partial charge in [-0.15, -0.1) is 10.2 Å². The molecule has 0 fully saturated rings. The van der Waals surface area contributed by atoms with E-state index < -0.39 is 15.3 Å². The van der Waals surface area contributed by atoms with Crippen LogP contribution in [0.15, 0.2) is 40.3 Å². The zero-order valence-electron chi connectivity index (χ0n) is 19.2. The van der Waals surface area contributed by atoms with E-state index in [-0.39, 0.29) is 15.9 Å². The number of aryl methyl sites for hydroxylation is 3. The third-order valence-electron chi connectivity index (χ3n) is 5.48. The van der Waals surface area contributed by atoms with Crippen molar-refractivity contribution in [1.82, 2.24) is 15.2 Å². The van der Waals surface area contributed by atoms with E-state index >= 15 is 0 Å². The van der Waals surface area contributed by atoms with E-state index in [0.717, 1.165) is 48.3 Å². The summed E-state index contributed by atoms with van der Waals surface area (Å²) >= 11 is 2.43. The van der Waals surface area contributed by atoms with E-state index in [9.17, 15) is 18.5 Å². The number of nitrogens with one attached hydrogen (secondary N) is 2. The normalized spacial score (nSPS) is 14.0. The lowest BCUT2D eigenvalue weighted by Gasteiger charge is -2.19. The zero-order valence-corrected chi connectivity index (χ0v) is 21.7. The van der Waals surface area contributed by atoms with Crippen LogP contribution in [0.4, 0.5) is 10.8 Å². The van der Waals surface area contributed by atoms with Gasteiger partial charge in [0.15, 0.2) is 0 Å². The second-order valence-corrected chi connectivity index (χ2v) is 12.1. The smallest absolute Gasteiger partial charge is 0.263 e. The van der Waals surface area contributed by atoms with Gasteiger partial charge >= 0.3 is 0 Å². The Hall–Kier alpha value is -3.01. The molecular formula is C23H24N6O3S3. The fourth-order valence-corrected chi connectivity index (χ4v) is 6.51. The highest BCUT2D eigenvalue weighted by Gasteiger charge is 2.23. The highest BCUT2D eigenvalue weighted by molar-refractivity contribution is 8.00. The molecule has 2 aromatic heterocycles. The summed E-state index contributed by atoms with van der Waals surface area (Å²) in [6, 6.07) is 10.0. The third kappa shape index (κ3) is 5.98. The van der Waals surface area contributed by atoms with Crippen molar-refractivity contribution in [3.63, 3.8) is 0 Å². The third-order valence-corrected chi connectivity index (χ3v) is 9.09. The zero-order chi connectivity index (χ0) is 25.0. The van der Waals surface area contributed by atoms with E-state index in [1.807, 2.05) is 13.0 Å². The molecule has 1 aliphatic rings. The summed E-state index contributed by atoms with van der Waals surface area (Å²) in [5.41, 5.74) is 3.11. The topological polar surface area (TPSA) is 138 Å². The molecule has 3 aromatic rings. The number of fused-ring (bicyclic) bond motifs is 1. The van der Waals surface area contributed by atoms with Crippen molar-refractivity contribution in [3.05, 3.63) is 52.2 Å². The molecule has 4 rings (SSSR count). The van der Waals surface area contributed by atoms with Crippen molar-refractivity contribution in [1.29, 1.82) is 5.26 Å². The Morgan fingerprint density at radius 1 is 1.23 bits per heavy atom. The van der Waals surface area contributed by atoms with Crippen LogP contribution in [0, 0.1) is 18.3 Å². The van der Waals surface area contributed by atoms with Crippen molar-refractivity contribution >= 4 is 49.8 Å². The molecule has 0 saturated carbocycles. The maximum atomic E-state index is 13.0. The molecule has 0 spiro atoms. The van der Waals surface area contributed by atoms with E-state index in [4.69, 9.17) is 4.98 Å². The summed E-state index contributed by atoms with van der Waals surface area (Å²) in [7, 11) is -3.82. The molecule has 1 unspecified atom stereocenters. The van der Waals surface area contributed by atoms with Gasteiger partial charge in [-0.3, -0.25) is 9.52 Å². The summed E-state index contributed by atoms with van der Waals surface area (Å²) in [5.74, 6) is -0.237. The Labute approximate surface area is 212 Å². The number of hydrogen-bond acceptors (Lipinski definition) is 9. The minimum atomic E-state index is -3.82. The van der Waals surface area contributed by atoms with Crippen LogP contribution in [-0.2, 0) is 27.7 Å². The summed E-state index contributed by atoms with van der Waals surface area (Å²) in [6.45, 7) is 3.63. The summed E-state index contributed by atoms with van der Waals surface area (Å²) in [6.07, 6.45) is 4.54. The van der Waals surface area contributed by atoms with Gasteiger partial charge < -0.3 is 5.32 Å². The highest BCUT2D eigenvalue weighted by atomic mass is 32.2. The molecule has 12 heteroatoms. The second-order valence-electron chi connectivity index (χ2n) is 8.03. The van der Waals surface area contributed by atoms with Gasteiger partial charge in [-0.2, -0.15) is 5.26 Å². The maximum Gasteiger partial charge on any atom is 0.263 e. The van der Waals surface area contributed by atoms with Gasteiger partial charge in [0.05, 0.1) is 15.7 Å². The molecule has 0 aliphatic heterocycles. The number of nitrogens with zero attached hydrogens (tertiary/aromatic N) is 4. The van der Waals surface area contributed by atoms with Gasteiger partial charge in [-0.1, -0.05) is 30.0 Å². The van der Waals surface area contributed by atoms with E-state index in [1.165, 1.54) is 36.0 Å². The van der Waals surface area contributed by atoms with Gasteiger partial charge in [0.25, 0.3) is 10.0 Å². The molecule has 2 N–H and O–H groups in total. The van der Waals surface area contributed by atoms with Gasteiger partial charge in [0, 0.05) is 11.4 Å². The minimum absolute atomic E-state index is 0.0432. The average molecular weight is 529 g/mol. The number of pyridine rings is 1. The molecule has 1 aromatic carbocycles. The van der Waals surface area contributed by atoms with Crippen molar-refractivity contribution < 1.29 is 13.2 Å². The van der Waals surface area contributed by atoms with Gasteiger partial charge in [0.1, 0.15) is 16.1 Å². The number of carbonyl (C=O) groups is 1. The average Bonchev–Trinajstić information content (AvgIpc) is 3.25. The largest absolute Gasteiger partial charge is 0.325 e. The first-order chi connectivity index (χ1) is 16.8. The molecule has 1 aliphatic carbocycles. The number of aromatic nitrogens is 3. The van der Waals surface area contributed by atoms with Gasteiger partial charge in [0.2, 0.25) is 11.0 Å². The molecule has 9 nitrogen and oxygen atoms in total. The molecule has 182 valence electrons. The molecule has 1 amide bonds. The highest BCUT2D eigenvalue weighted by Crippen LogP contribution is 2.31. The first-order valence-corrected chi connectivity index (χ1v) is 14.3. The standard InChI is InChI=1S/C23H24N6O3S3/c1-3-20(34-22-16(13-24)12-15-6-4-5-7-19(15)26-22)21(30)25-17-8-10-18(11-9-17)35(31,32)29-23-28-27-14(2)33-23/h8-12,20H,3-7H2,1-2H3,(H,25,30)(H,28,29). The van der Waals surface area contributed by atoms with E-state index in [2.05, 4.69) is 26.3 Å². The quantitative estimate of drug-likeness (QED) is 0.413. The number of amides is 1. The fraction of sp³-hybridized carbons (Fsp3) is 0.348. The molecule has 0 saturated heterocycles. The summed E-state index contributed by atoms with van der Waals surface area (Å²) in [4.78, 5) is 17.7. The Morgan fingerprint density at radius 3 is 2.63 bits per heavy atom. The number of nitriles is 1. The van der Waals surface area contributed by atoms with Crippen LogP contribution in [0.1, 0.15) is 48.0 Å². The number of thioether (sulfide) groups is 1. The number of benzene rings is 1. The first kappa shape index (κ1) is 25.1. The first-order valence-electron chi connectivity index (χ1n) is 11.1. The molecular weight excluding hydrogens is 504 g/mol. The van der Waals surface area contributed by atoms with Crippen LogP contribution in [-0.4, -0.2) is 34.8 Å². The lowest BCUT2D eigenvalue weighted by Crippen LogP contribution is -2.25. The lowest BCUT2D eigenvalue weighted by atomic mass is 9.95. The van der Waals surface area contributed by atoms with Gasteiger partial charge in [-0.05, 0) is 74.9 Å². The number of anilines is 2. The van der Waals surface area contributed by atoms with Crippen LogP contribution in [0.25, 0.3) is 0 Å². The fourth-order valence-electron chi connectivity index (χ4n) is 3.69. The second kappa shape index (κ2) is 10.7. The molecule has 0 radical (unpaired) electrons. The molecule has 35 heavy (non-hydrogen) atoms. The number of rotatable bonds is 8. The van der Waals surface area contributed by atoms with Gasteiger partial charge in [-0.25, -0.2) is 13.4 Å². The monoisotopic (exact) mass is 528 g/mol. The Bertz CT molecular complexity index is 1380. The Morgan fingerprint density at radius 2 is 1.97 bits per heavy atom. The van der Waals surface area contributed by atoms with Crippen LogP contribution in [0.3, 0.4) is 0 Å². The minimum Gasteiger partial charge on any atom is -0.325 e. The van der Waals surface area contributed by atoms with Crippen LogP contribution in [0.2, 0.25) is 0 Å². The van der Waals surface area contributed by atoms with Crippen molar-refractivity contribution in [2.24, 2.45) is 0 Å². The van der Waals surface area contributed by atoms with E-state index in [1.54, 1.807) is 6.92 Å². The maximum absolute atomic E-state index is 13.0.